The average Bonchev–Trinajstić information content (AvgIpc) is 3.28. The molecule has 6 fully saturated rings. The zero-order valence-corrected chi connectivity index (χ0v) is 28.2. The fraction of sp³-hybridized carbons (Fsp3) is 0.972. The molecule has 1 N–H and O–H groups in total. The number of ether oxygens (including phenoxy) is 2. The maximum absolute atomic E-state index is 12.0. The summed E-state index contributed by atoms with van der Waals surface area (Å²) in [6, 6.07) is 0.690. The Morgan fingerprint density at radius 2 is 1.66 bits per heavy atom. The van der Waals surface area contributed by atoms with Gasteiger partial charge >= 0.3 is 5.97 Å². The van der Waals surface area contributed by atoms with Gasteiger partial charge in [-0.25, -0.2) is 0 Å². The van der Waals surface area contributed by atoms with E-state index in [2.05, 4.69) is 60.4 Å². The van der Waals surface area contributed by atoms with Crippen LogP contribution in [0.2, 0.25) is 0 Å². The molecule has 6 aliphatic rings. The van der Waals surface area contributed by atoms with E-state index in [0.717, 1.165) is 37.1 Å². The van der Waals surface area contributed by atoms with Crippen LogP contribution in [0.5, 0.6) is 0 Å². The third-order valence-electron chi connectivity index (χ3n) is 15.7. The van der Waals surface area contributed by atoms with Crippen LogP contribution in [0.25, 0.3) is 0 Å². The van der Waals surface area contributed by atoms with Gasteiger partial charge in [0.15, 0.2) is 6.10 Å². The van der Waals surface area contributed by atoms with Crippen LogP contribution < -0.4 is 0 Å². The molecule has 1 heterocycles. The lowest BCUT2D eigenvalue weighted by molar-refractivity contribution is -0.209. The number of nitrogens with zero attached hydrogens (tertiary/aromatic N) is 1. The van der Waals surface area contributed by atoms with E-state index in [-0.39, 0.29) is 29.0 Å². The van der Waals surface area contributed by atoms with Gasteiger partial charge in [0, 0.05) is 13.0 Å². The third-order valence-corrected chi connectivity index (χ3v) is 15.7. The smallest absolute Gasteiger partial charge is 0.303 e. The maximum Gasteiger partial charge on any atom is 0.303 e. The Hall–Kier alpha value is -0.650. The third kappa shape index (κ3) is 3.67. The minimum atomic E-state index is -1.14. The van der Waals surface area contributed by atoms with E-state index in [9.17, 15) is 9.90 Å². The molecule has 0 bridgehead atoms. The molecule has 5 heteroatoms. The first kappa shape index (κ1) is 30.4. The minimum Gasteiger partial charge on any atom is -0.457 e. The summed E-state index contributed by atoms with van der Waals surface area (Å²) in [4.78, 5) is 14.7. The SMILES string of the molecule is CCN(C)C1CCC23C(CC[C@@H]4[C@]2(CC[C@]2(C)C5C(C)CC([C@H](OC(C)=O)C(C)(C)O)O[C@@H]5C[C@@]42C)[C@@H]3C)C1(C)C. The molecule has 0 aromatic heterocycles. The van der Waals surface area contributed by atoms with Crippen molar-refractivity contribution in [3.8, 4) is 0 Å². The first-order chi connectivity index (χ1) is 18.9. The molecule has 0 radical (unpaired) electrons. The molecule has 1 aliphatic heterocycles. The van der Waals surface area contributed by atoms with Gasteiger partial charge in [0.2, 0.25) is 0 Å². The Balaban J connectivity index is 1.32. The maximum atomic E-state index is 12.0. The summed E-state index contributed by atoms with van der Waals surface area (Å²) in [5.41, 5.74) is 0.719. The summed E-state index contributed by atoms with van der Waals surface area (Å²) in [5, 5.41) is 11.0. The van der Waals surface area contributed by atoms with Gasteiger partial charge in [-0.05, 0) is 135 Å². The first-order valence-corrected chi connectivity index (χ1v) is 17.2. The van der Waals surface area contributed by atoms with Crippen LogP contribution in [-0.2, 0) is 14.3 Å². The van der Waals surface area contributed by atoms with Gasteiger partial charge < -0.3 is 19.5 Å². The number of carbonyl (C=O) groups excluding carboxylic acids is 1. The van der Waals surface area contributed by atoms with E-state index in [1.54, 1.807) is 13.8 Å². The Bertz CT molecular complexity index is 1070. The van der Waals surface area contributed by atoms with Crippen molar-refractivity contribution in [2.45, 2.75) is 151 Å². The molecule has 0 aromatic carbocycles. The molecule has 2 spiro atoms. The van der Waals surface area contributed by atoms with Crippen LogP contribution in [0.15, 0.2) is 0 Å². The lowest BCUT2D eigenvalue weighted by atomic mass is 9.41. The van der Waals surface area contributed by atoms with Gasteiger partial charge in [-0.3, -0.25) is 4.79 Å². The minimum absolute atomic E-state index is 0.169. The monoisotopic (exact) mass is 571 g/mol. The number of rotatable bonds is 5. The van der Waals surface area contributed by atoms with Gasteiger partial charge in [0.05, 0.1) is 17.8 Å². The molecule has 6 unspecified atom stereocenters. The Kier molecular flexibility index (Phi) is 6.81. The summed E-state index contributed by atoms with van der Waals surface area (Å²) in [6.45, 7) is 24.0. The van der Waals surface area contributed by atoms with Crippen LogP contribution in [0.4, 0.5) is 0 Å². The average molecular weight is 572 g/mol. The highest BCUT2D eigenvalue weighted by Crippen LogP contribution is 2.91. The molecule has 5 nitrogen and oxygen atoms in total. The molecular weight excluding hydrogens is 510 g/mol. The van der Waals surface area contributed by atoms with Crippen molar-refractivity contribution >= 4 is 5.97 Å². The van der Waals surface area contributed by atoms with Crippen molar-refractivity contribution in [2.75, 3.05) is 13.6 Å². The Morgan fingerprint density at radius 3 is 2.27 bits per heavy atom. The van der Waals surface area contributed by atoms with Crippen molar-refractivity contribution in [2.24, 2.45) is 56.7 Å². The van der Waals surface area contributed by atoms with E-state index < -0.39 is 11.7 Å². The van der Waals surface area contributed by atoms with Crippen molar-refractivity contribution in [3.05, 3.63) is 0 Å². The van der Waals surface area contributed by atoms with Crippen LogP contribution in [0.3, 0.4) is 0 Å². The highest BCUT2D eigenvalue weighted by Gasteiger charge is 2.86. The summed E-state index contributed by atoms with van der Waals surface area (Å²) >= 11 is 0. The lowest BCUT2D eigenvalue weighted by Crippen LogP contribution is -2.59. The zero-order chi connectivity index (χ0) is 30.1. The summed E-state index contributed by atoms with van der Waals surface area (Å²) in [7, 11) is 2.36. The molecule has 234 valence electrons. The molecule has 0 aromatic rings. The summed E-state index contributed by atoms with van der Waals surface area (Å²) < 4.78 is 12.7. The van der Waals surface area contributed by atoms with Gasteiger partial charge in [0.25, 0.3) is 0 Å². The summed E-state index contributed by atoms with van der Waals surface area (Å²) in [6.07, 6.45) is 9.44. The first-order valence-electron chi connectivity index (χ1n) is 17.2. The van der Waals surface area contributed by atoms with E-state index in [1.807, 2.05) is 0 Å². The van der Waals surface area contributed by atoms with Crippen molar-refractivity contribution < 1.29 is 19.4 Å². The number of hydrogen-bond acceptors (Lipinski definition) is 5. The molecule has 5 saturated carbocycles. The van der Waals surface area contributed by atoms with Crippen LogP contribution >= 0.6 is 0 Å². The quantitative estimate of drug-likeness (QED) is 0.357. The number of aliphatic hydroxyl groups is 1. The highest BCUT2D eigenvalue weighted by molar-refractivity contribution is 5.66. The molecular formula is C36H61NO4. The molecule has 6 rings (SSSR count). The van der Waals surface area contributed by atoms with Gasteiger partial charge in [-0.2, -0.15) is 0 Å². The number of hydrogen-bond donors (Lipinski definition) is 1. The number of esters is 1. The molecule has 0 amide bonds. The second-order valence-electron chi connectivity index (χ2n) is 17.6. The normalized spacial score (nSPS) is 52.4. The van der Waals surface area contributed by atoms with E-state index in [1.165, 1.54) is 45.4 Å². The summed E-state index contributed by atoms with van der Waals surface area (Å²) in [5.74, 6) is 3.05. The molecule has 5 aliphatic carbocycles. The predicted molar refractivity (Wildman–Crippen MR) is 163 cm³/mol. The van der Waals surface area contributed by atoms with E-state index in [0.29, 0.717) is 34.1 Å². The standard InChI is InChI=1S/C36H61NO4/c1-12-37(11)28-15-16-35-22(3)36(35)18-17-33(9)29-21(2)19-24(30(32(7,8)39)40-23(4)38)41-25(29)20-34(33,10)27(36)14-13-26(35)31(28,5)6/h21-22,24-30,39H,12-20H2,1-11H3/t21?,22-,24?,25-,26?,27+,28?,29?,30+,33-,34+,35?,36+/m1/s1. The van der Waals surface area contributed by atoms with Gasteiger partial charge in [-0.1, -0.05) is 48.5 Å². The van der Waals surface area contributed by atoms with Crippen LogP contribution in [0, 0.1) is 56.7 Å². The second kappa shape index (κ2) is 9.19. The zero-order valence-electron chi connectivity index (χ0n) is 28.2. The Morgan fingerprint density at radius 1 is 1.02 bits per heavy atom. The van der Waals surface area contributed by atoms with E-state index >= 15 is 0 Å². The van der Waals surface area contributed by atoms with Crippen molar-refractivity contribution in [3.63, 3.8) is 0 Å². The number of carbonyl (C=O) groups is 1. The lowest BCUT2D eigenvalue weighted by Gasteiger charge is -2.64. The fourth-order valence-electron chi connectivity index (χ4n) is 14.1. The largest absolute Gasteiger partial charge is 0.457 e. The van der Waals surface area contributed by atoms with Crippen LogP contribution in [-0.4, -0.2) is 59.5 Å². The van der Waals surface area contributed by atoms with Crippen LogP contribution in [0.1, 0.15) is 121 Å². The second-order valence-corrected chi connectivity index (χ2v) is 17.6. The van der Waals surface area contributed by atoms with Gasteiger partial charge in [-0.15, -0.1) is 0 Å². The molecule has 41 heavy (non-hydrogen) atoms. The van der Waals surface area contributed by atoms with E-state index in [4.69, 9.17) is 9.47 Å². The highest BCUT2D eigenvalue weighted by atomic mass is 16.6. The Labute approximate surface area is 250 Å². The van der Waals surface area contributed by atoms with Crippen molar-refractivity contribution in [1.29, 1.82) is 0 Å². The topological polar surface area (TPSA) is 59.0 Å². The fourth-order valence-corrected chi connectivity index (χ4v) is 14.1. The predicted octanol–water partition coefficient (Wildman–Crippen LogP) is 7.10. The molecule has 1 saturated heterocycles. The van der Waals surface area contributed by atoms with Crippen molar-refractivity contribution in [1.82, 2.24) is 4.90 Å². The van der Waals surface area contributed by atoms with Gasteiger partial charge in [0.1, 0.15) is 0 Å². The molecule has 13 atom stereocenters. The number of fused-ring (bicyclic) bond motifs is 4.